The summed E-state index contributed by atoms with van der Waals surface area (Å²) in [6, 6.07) is 9.36. The normalized spacial score (nSPS) is 9.96. The van der Waals surface area contributed by atoms with Gasteiger partial charge in [-0.1, -0.05) is 0 Å². The Balaban J connectivity index is 2.30. The zero-order valence-electron chi connectivity index (χ0n) is 11.9. The number of nitrogens with one attached hydrogen (secondary N) is 1. The van der Waals surface area contributed by atoms with Crippen molar-refractivity contribution in [2.45, 2.75) is 0 Å². The van der Waals surface area contributed by atoms with Crippen molar-refractivity contribution in [3.63, 3.8) is 0 Å². The Bertz CT molecular complexity index is 773. The highest BCUT2D eigenvalue weighted by atomic mass is 16.6. The van der Waals surface area contributed by atoms with Crippen LogP contribution in [0.1, 0.15) is 10.4 Å². The van der Waals surface area contributed by atoms with Crippen LogP contribution >= 0.6 is 0 Å². The number of hydrogen-bond donors (Lipinski definition) is 1. The molecule has 0 amide bonds. The fraction of sp³-hybridized carbons (Fsp3) is 0.0714. The van der Waals surface area contributed by atoms with Crippen LogP contribution in [0.15, 0.2) is 42.5 Å². The van der Waals surface area contributed by atoms with Crippen molar-refractivity contribution in [1.29, 1.82) is 0 Å². The molecule has 2 aromatic carbocycles. The summed E-state index contributed by atoms with van der Waals surface area (Å²) in [5, 5.41) is 24.5. The van der Waals surface area contributed by atoms with Gasteiger partial charge in [0.15, 0.2) is 0 Å². The first kappa shape index (κ1) is 15.9. The molecule has 23 heavy (non-hydrogen) atoms. The molecule has 0 aliphatic carbocycles. The summed E-state index contributed by atoms with van der Waals surface area (Å²) in [5.41, 5.74) is 0.122. The number of rotatable bonds is 5. The van der Waals surface area contributed by atoms with Gasteiger partial charge < -0.3 is 10.1 Å². The molecule has 0 unspecified atom stereocenters. The fourth-order valence-corrected chi connectivity index (χ4v) is 1.85. The summed E-state index contributed by atoms with van der Waals surface area (Å²) < 4.78 is 4.57. The summed E-state index contributed by atoms with van der Waals surface area (Å²) in [4.78, 5) is 31.7. The summed E-state index contributed by atoms with van der Waals surface area (Å²) >= 11 is 0. The van der Waals surface area contributed by atoms with E-state index in [1.807, 2.05) is 0 Å². The number of benzene rings is 2. The molecule has 0 radical (unpaired) electrons. The predicted octanol–water partition coefficient (Wildman–Crippen LogP) is 3.03. The monoisotopic (exact) mass is 317 g/mol. The Morgan fingerprint density at radius 3 is 2.22 bits per heavy atom. The predicted molar refractivity (Wildman–Crippen MR) is 80.8 cm³/mol. The van der Waals surface area contributed by atoms with Crippen LogP contribution in [0.5, 0.6) is 0 Å². The number of non-ortho nitro benzene ring substituents is 1. The molecule has 9 nitrogen and oxygen atoms in total. The second-order valence-electron chi connectivity index (χ2n) is 4.41. The van der Waals surface area contributed by atoms with E-state index in [9.17, 15) is 25.0 Å². The van der Waals surface area contributed by atoms with Crippen LogP contribution in [0.25, 0.3) is 0 Å². The molecule has 118 valence electrons. The van der Waals surface area contributed by atoms with Crippen LogP contribution in [0, 0.1) is 20.2 Å². The molecule has 9 heteroatoms. The lowest BCUT2D eigenvalue weighted by atomic mass is 10.2. The van der Waals surface area contributed by atoms with Crippen LogP contribution in [-0.2, 0) is 4.74 Å². The minimum absolute atomic E-state index is 0.103. The van der Waals surface area contributed by atoms with Gasteiger partial charge in [-0.2, -0.15) is 0 Å². The van der Waals surface area contributed by atoms with Gasteiger partial charge in [0.25, 0.3) is 11.4 Å². The molecule has 2 rings (SSSR count). The van der Waals surface area contributed by atoms with E-state index >= 15 is 0 Å². The molecule has 0 bridgehead atoms. The van der Waals surface area contributed by atoms with E-state index in [4.69, 9.17) is 0 Å². The Morgan fingerprint density at radius 1 is 1.04 bits per heavy atom. The van der Waals surface area contributed by atoms with Crippen LogP contribution in [0.3, 0.4) is 0 Å². The fourth-order valence-electron chi connectivity index (χ4n) is 1.85. The lowest BCUT2D eigenvalue weighted by Crippen LogP contribution is -2.02. The van der Waals surface area contributed by atoms with Crippen molar-refractivity contribution < 1.29 is 19.4 Å². The van der Waals surface area contributed by atoms with E-state index in [-0.39, 0.29) is 11.4 Å². The Hall–Kier alpha value is -3.49. The number of anilines is 2. The van der Waals surface area contributed by atoms with Gasteiger partial charge in [0.2, 0.25) is 0 Å². The second kappa shape index (κ2) is 6.52. The van der Waals surface area contributed by atoms with Gasteiger partial charge in [-0.15, -0.1) is 0 Å². The average molecular weight is 317 g/mol. The number of hydrogen-bond acceptors (Lipinski definition) is 7. The summed E-state index contributed by atoms with van der Waals surface area (Å²) in [6.45, 7) is 0. The molecule has 2 aromatic rings. The first-order valence-electron chi connectivity index (χ1n) is 6.30. The highest BCUT2D eigenvalue weighted by Crippen LogP contribution is 2.31. The number of nitrogens with zero attached hydrogens (tertiary/aromatic N) is 2. The maximum atomic E-state index is 11.3. The van der Waals surface area contributed by atoms with Crippen molar-refractivity contribution in [1.82, 2.24) is 0 Å². The van der Waals surface area contributed by atoms with E-state index in [0.29, 0.717) is 11.3 Å². The van der Waals surface area contributed by atoms with Crippen LogP contribution in [0.2, 0.25) is 0 Å². The molecule has 0 fully saturated rings. The van der Waals surface area contributed by atoms with Crippen LogP contribution in [0.4, 0.5) is 22.7 Å². The lowest BCUT2D eigenvalue weighted by molar-refractivity contribution is -0.393. The smallest absolute Gasteiger partial charge is 0.337 e. The first-order chi connectivity index (χ1) is 10.9. The number of nitro benzene ring substituents is 2. The minimum atomic E-state index is -0.710. The van der Waals surface area contributed by atoms with Crippen molar-refractivity contribution >= 4 is 28.7 Å². The number of methoxy groups -OCH3 is 1. The third-order valence-corrected chi connectivity index (χ3v) is 2.97. The molecule has 0 atom stereocenters. The van der Waals surface area contributed by atoms with Gasteiger partial charge in [-0.25, -0.2) is 4.79 Å². The molecule has 0 heterocycles. The molecule has 0 saturated carbocycles. The maximum Gasteiger partial charge on any atom is 0.337 e. The van der Waals surface area contributed by atoms with Crippen molar-refractivity contribution in [3.05, 3.63) is 68.3 Å². The molecule has 1 N–H and O–H groups in total. The van der Waals surface area contributed by atoms with Gasteiger partial charge in [-0.3, -0.25) is 20.2 Å². The molecule has 0 spiro atoms. The van der Waals surface area contributed by atoms with Crippen molar-refractivity contribution in [2.75, 3.05) is 12.4 Å². The number of carbonyl (C=O) groups excluding carboxylic acids is 1. The van der Waals surface area contributed by atoms with Gasteiger partial charge >= 0.3 is 5.97 Å². The third kappa shape index (κ3) is 3.59. The van der Waals surface area contributed by atoms with Gasteiger partial charge in [0.05, 0.1) is 28.6 Å². The molecule has 0 aliphatic heterocycles. The minimum Gasteiger partial charge on any atom is -0.465 e. The van der Waals surface area contributed by atoms with E-state index in [1.165, 1.54) is 37.4 Å². The summed E-state index contributed by atoms with van der Waals surface area (Å²) in [6.07, 6.45) is 0. The quantitative estimate of drug-likeness (QED) is 0.510. The summed E-state index contributed by atoms with van der Waals surface area (Å²) in [5.74, 6) is -0.502. The van der Waals surface area contributed by atoms with E-state index in [0.717, 1.165) is 12.1 Å². The zero-order valence-corrected chi connectivity index (χ0v) is 11.9. The summed E-state index contributed by atoms with van der Waals surface area (Å²) in [7, 11) is 1.26. The average Bonchev–Trinajstić information content (AvgIpc) is 2.54. The number of nitro groups is 2. The van der Waals surface area contributed by atoms with E-state index in [1.54, 1.807) is 0 Å². The molecule has 0 saturated heterocycles. The number of carbonyl (C=O) groups is 1. The standard InChI is InChI=1S/C14H11N3O6/c1-23-14(18)9-2-4-10(5-3-9)15-12-7-6-11(16(19)20)8-13(12)17(21)22/h2-8,15H,1H3. The zero-order chi connectivity index (χ0) is 17.0. The molecular weight excluding hydrogens is 306 g/mol. The molecule has 0 aliphatic rings. The SMILES string of the molecule is COC(=O)c1ccc(Nc2ccc([N+](=O)[O-])cc2[N+](=O)[O-])cc1. The highest BCUT2D eigenvalue weighted by Gasteiger charge is 2.19. The second-order valence-corrected chi connectivity index (χ2v) is 4.41. The molecule has 0 aromatic heterocycles. The highest BCUT2D eigenvalue weighted by molar-refractivity contribution is 5.89. The lowest BCUT2D eigenvalue weighted by Gasteiger charge is -2.07. The van der Waals surface area contributed by atoms with Gasteiger partial charge in [0, 0.05) is 11.8 Å². The van der Waals surface area contributed by atoms with Crippen molar-refractivity contribution in [2.24, 2.45) is 0 Å². The topological polar surface area (TPSA) is 125 Å². The third-order valence-electron chi connectivity index (χ3n) is 2.97. The van der Waals surface area contributed by atoms with E-state index < -0.39 is 21.5 Å². The number of esters is 1. The maximum absolute atomic E-state index is 11.3. The van der Waals surface area contributed by atoms with Crippen LogP contribution < -0.4 is 5.32 Å². The van der Waals surface area contributed by atoms with Gasteiger partial charge in [-0.05, 0) is 30.3 Å². The van der Waals surface area contributed by atoms with Crippen molar-refractivity contribution in [3.8, 4) is 0 Å². The Kier molecular flexibility index (Phi) is 4.50. The van der Waals surface area contributed by atoms with E-state index in [2.05, 4.69) is 10.1 Å². The molecular formula is C14H11N3O6. The number of ether oxygens (including phenoxy) is 1. The Labute approximate surface area is 129 Å². The largest absolute Gasteiger partial charge is 0.465 e. The first-order valence-corrected chi connectivity index (χ1v) is 6.30. The van der Waals surface area contributed by atoms with Gasteiger partial charge in [0.1, 0.15) is 5.69 Å². The Morgan fingerprint density at radius 2 is 1.70 bits per heavy atom. The van der Waals surface area contributed by atoms with Crippen LogP contribution in [-0.4, -0.2) is 22.9 Å².